The molecule has 0 amide bonds. The number of aromatic nitrogens is 1. The van der Waals surface area contributed by atoms with Gasteiger partial charge in [-0.15, -0.1) is 0 Å². The molecule has 1 fully saturated rings. The summed E-state index contributed by atoms with van der Waals surface area (Å²) in [6, 6.07) is 2.11. The largest absolute Gasteiger partial charge is 0.474 e. The Hall–Kier alpha value is -1.16. The summed E-state index contributed by atoms with van der Waals surface area (Å²) in [7, 11) is 0. The molecule has 2 atom stereocenters. The maximum atomic E-state index is 6.30. The molecule has 0 aromatic carbocycles. The van der Waals surface area contributed by atoms with E-state index in [-0.39, 0.29) is 6.10 Å². The van der Waals surface area contributed by atoms with Crippen LogP contribution in [-0.2, 0) is 12.8 Å². The molecule has 1 aromatic rings. The molecule has 21 heavy (non-hydrogen) atoms. The van der Waals surface area contributed by atoms with Crippen LogP contribution in [0.2, 0.25) is 0 Å². The van der Waals surface area contributed by atoms with Gasteiger partial charge >= 0.3 is 0 Å². The van der Waals surface area contributed by atoms with Crippen LogP contribution >= 0.6 is 12.2 Å². The molecule has 0 aliphatic heterocycles. The fraction of sp³-hybridized carbons (Fsp3) is 0.647. The third kappa shape index (κ3) is 3.05. The third-order valence-corrected chi connectivity index (χ3v) is 5.13. The van der Waals surface area contributed by atoms with Crippen molar-refractivity contribution >= 4 is 17.2 Å². The van der Waals surface area contributed by atoms with Gasteiger partial charge in [0.25, 0.3) is 0 Å². The lowest BCUT2D eigenvalue weighted by atomic mass is 9.85. The van der Waals surface area contributed by atoms with Crippen LogP contribution in [0.25, 0.3) is 0 Å². The average Bonchev–Trinajstić information content (AvgIpc) is 2.94. The van der Waals surface area contributed by atoms with Crippen LogP contribution in [0.15, 0.2) is 6.07 Å². The minimum atomic E-state index is 0.267. The number of aryl methyl sites for hydroxylation is 2. The quantitative estimate of drug-likeness (QED) is 0.864. The van der Waals surface area contributed by atoms with Crippen molar-refractivity contribution in [2.24, 2.45) is 11.7 Å². The molecule has 3 nitrogen and oxygen atoms in total. The van der Waals surface area contributed by atoms with Crippen LogP contribution in [0, 0.1) is 5.92 Å². The minimum absolute atomic E-state index is 0.267. The smallest absolute Gasteiger partial charge is 0.224 e. The topological polar surface area (TPSA) is 48.1 Å². The molecule has 0 radical (unpaired) electrons. The highest BCUT2D eigenvalue weighted by molar-refractivity contribution is 7.80. The van der Waals surface area contributed by atoms with E-state index in [9.17, 15) is 0 Å². The number of rotatable bonds is 4. The van der Waals surface area contributed by atoms with Crippen LogP contribution < -0.4 is 10.5 Å². The Bertz CT molecular complexity index is 544. The molecule has 3 rings (SSSR count). The molecular weight excluding hydrogens is 280 g/mol. The highest BCUT2D eigenvalue weighted by atomic mass is 32.1. The van der Waals surface area contributed by atoms with Crippen molar-refractivity contribution in [3.8, 4) is 5.88 Å². The summed E-state index contributed by atoms with van der Waals surface area (Å²) in [6.45, 7) is 2.25. The number of ether oxygens (including phenoxy) is 1. The summed E-state index contributed by atoms with van der Waals surface area (Å²) in [5, 5.41) is 0. The Morgan fingerprint density at radius 1 is 1.33 bits per heavy atom. The zero-order valence-electron chi connectivity index (χ0n) is 12.7. The van der Waals surface area contributed by atoms with E-state index >= 15 is 0 Å². The van der Waals surface area contributed by atoms with Gasteiger partial charge in [0, 0.05) is 5.69 Å². The molecule has 0 bridgehead atoms. The highest BCUT2D eigenvalue weighted by Gasteiger charge is 2.27. The van der Waals surface area contributed by atoms with Gasteiger partial charge in [0.05, 0.1) is 5.56 Å². The number of pyridine rings is 1. The number of fused-ring (bicyclic) bond motifs is 1. The van der Waals surface area contributed by atoms with Crippen LogP contribution in [0.5, 0.6) is 5.88 Å². The van der Waals surface area contributed by atoms with E-state index in [0.29, 0.717) is 16.8 Å². The second kappa shape index (κ2) is 6.30. The summed E-state index contributed by atoms with van der Waals surface area (Å²) in [6.07, 6.45) is 9.67. The summed E-state index contributed by atoms with van der Waals surface area (Å²) >= 11 is 5.20. The first kappa shape index (κ1) is 14.8. The van der Waals surface area contributed by atoms with E-state index < -0.39 is 0 Å². The van der Waals surface area contributed by atoms with Crippen molar-refractivity contribution < 1.29 is 4.74 Å². The molecule has 1 heterocycles. The first-order valence-electron chi connectivity index (χ1n) is 8.18. The Morgan fingerprint density at radius 2 is 2.14 bits per heavy atom. The average molecular weight is 304 g/mol. The maximum Gasteiger partial charge on any atom is 0.224 e. The third-order valence-electron chi connectivity index (χ3n) is 4.91. The standard InChI is InChI=1S/C17H24N2OS/c1-2-11-6-3-4-9-15(11)20-17-13(16(18)21)10-12-7-5-8-14(12)19-17/h10-11,15H,2-9H2,1H3,(H2,18,21). The van der Waals surface area contributed by atoms with Crippen molar-refractivity contribution in [2.75, 3.05) is 0 Å². The molecule has 0 saturated heterocycles. The molecule has 2 N–H and O–H groups in total. The number of nitrogens with zero attached hydrogens (tertiary/aromatic N) is 1. The molecule has 4 heteroatoms. The van der Waals surface area contributed by atoms with Gasteiger partial charge in [-0.25, -0.2) is 4.98 Å². The minimum Gasteiger partial charge on any atom is -0.474 e. The van der Waals surface area contributed by atoms with Crippen LogP contribution in [0.3, 0.4) is 0 Å². The van der Waals surface area contributed by atoms with E-state index in [1.54, 1.807) is 0 Å². The summed E-state index contributed by atoms with van der Waals surface area (Å²) < 4.78 is 6.30. The molecule has 2 aliphatic rings. The first-order chi connectivity index (χ1) is 10.2. The Labute approximate surface area is 132 Å². The Balaban J connectivity index is 1.88. The van der Waals surface area contributed by atoms with Gasteiger partial charge in [-0.05, 0) is 62.5 Å². The van der Waals surface area contributed by atoms with E-state index in [0.717, 1.165) is 31.2 Å². The summed E-state index contributed by atoms with van der Waals surface area (Å²) in [5.74, 6) is 1.31. The van der Waals surface area contributed by atoms with Crippen molar-refractivity contribution in [3.63, 3.8) is 0 Å². The molecular formula is C17H24N2OS. The van der Waals surface area contributed by atoms with Crippen molar-refractivity contribution in [1.29, 1.82) is 0 Å². The predicted octanol–water partition coefficient (Wildman–Crippen LogP) is 3.55. The number of nitrogens with two attached hydrogens (primary N) is 1. The number of thiocarbonyl (C=S) groups is 1. The Morgan fingerprint density at radius 3 is 2.90 bits per heavy atom. The van der Waals surface area contributed by atoms with Gasteiger partial charge in [0.2, 0.25) is 5.88 Å². The lowest BCUT2D eigenvalue weighted by molar-refractivity contribution is 0.0855. The van der Waals surface area contributed by atoms with Crippen molar-refractivity contribution in [3.05, 3.63) is 22.9 Å². The monoisotopic (exact) mass is 304 g/mol. The Kier molecular flexibility index (Phi) is 4.43. The lowest BCUT2D eigenvalue weighted by Crippen LogP contribution is -2.31. The normalized spacial score (nSPS) is 24.6. The van der Waals surface area contributed by atoms with Crippen molar-refractivity contribution in [2.45, 2.75) is 64.4 Å². The van der Waals surface area contributed by atoms with E-state index in [2.05, 4.69) is 13.0 Å². The first-order valence-corrected chi connectivity index (χ1v) is 8.59. The van der Waals surface area contributed by atoms with Crippen molar-refractivity contribution in [1.82, 2.24) is 4.98 Å². The predicted molar refractivity (Wildman–Crippen MR) is 88.8 cm³/mol. The fourth-order valence-corrected chi connectivity index (χ4v) is 3.80. The fourth-order valence-electron chi connectivity index (χ4n) is 3.66. The zero-order chi connectivity index (χ0) is 14.8. The van der Waals surface area contributed by atoms with Crippen LogP contribution in [0.4, 0.5) is 0 Å². The van der Waals surface area contributed by atoms with Gasteiger partial charge in [-0.3, -0.25) is 0 Å². The lowest BCUT2D eigenvalue weighted by Gasteiger charge is -2.31. The highest BCUT2D eigenvalue weighted by Crippen LogP contribution is 2.33. The molecule has 1 aromatic heterocycles. The SMILES string of the molecule is CCC1CCCCC1Oc1nc2c(cc1C(N)=S)CCC2. The molecule has 0 spiro atoms. The second-order valence-corrected chi connectivity index (χ2v) is 6.71. The van der Waals surface area contributed by atoms with Crippen LogP contribution in [0.1, 0.15) is 62.3 Å². The second-order valence-electron chi connectivity index (χ2n) is 6.27. The molecule has 2 aliphatic carbocycles. The van der Waals surface area contributed by atoms with Gasteiger partial charge in [-0.2, -0.15) is 0 Å². The van der Waals surface area contributed by atoms with E-state index in [1.807, 2.05) is 0 Å². The number of hydrogen-bond donors (Lipinski definition) is 1. The maximum absolute atomic E-state index is 6.30. The van der Waals surface area contributed by atoms with E-state index in [4.69, 9.17) is 27.7 Å². The number of hydrogen-bond acceptors (Lipinski definition) is 3. The van der Waals surface area contributed by atoms with Gasteiger partial charge in [-0.1, -0.05) is 25.6 Å². The summed E-state index contributed by atoms with van der Waals surface area (Å²) in [4.78, 5) is 5.15. The molecule has 114 valence electrons. The van der Waals surface area contributed by atoms with Gasteiger partial charge in [0.15, 0.2) is 0 Å². The van der Waals surface area contributed by atoms with Gasteiger partial charge < -0.3 is 10.5 Å². The zero-order valence-corrected chi connectivity index (χ0v) is 13.5. The van der Waals surface area contributed by atoms with Gasteiger partial charge in [0.1, 0.15) is 11.1 Å². The molecule has 1 saturated carbocycles. The van der Waals surface area contributed by atoms with Crippen LogP contribution in [-0.4, -0.2) is 16.1 Å². The molecule has 2 unspecified atom stereocenters. The van der Waals surface area contributed by atoms with E-state index in [1.165, 1.54) is 36.9 Å². The summed E-state index contributed by atoms with van der Waals surface area (Å²) in [5.41, 5.74) is 9.18.